The number of piperidine rings is 1. The Bertz CT molecular complexity index is 401. The predicted octanol–water partition coefficient (Wildman–Crippen LogP) is 1.61. The minimum Gasteiger partial charge on any atom is -0.355 e. The van der Waals surface area contributed by atoms with E-state index in [1.807, 2.05) is 6.92 Å². The van der Waals surface area contributed by atoms with E-state index < -0.39 is 0 Å². The fourth-order valence-electron chi connectivity index (χ4n) is 2.29. The van der Waals surface area contributed by atoms with E-state index in [0.717, 1.165) is 38.2 Å². The number of amides is 1. The molecule has 1 N–H and O–H groups in total. The molecule has 1 aromatic heterocycles. The van der Waals surface area contributed by atoms with E-state index in [-0.39, 0.29) is 17.9 Å². The van der Waals surface area contributed by atoms with Crippen molar-refractivity contribution >= 4 is 11.7 Å². The zero-order chi connectivity index (χ0) is 13.7. The Balaban J connectivity index is 1.84. The van der Waals surface area contributed by atoms with Crippen molar-refractivity contribution in [2.45, 2.75) is 39.2 Å². The number of hydrogen-bond acceptors (Lipinski definition) is 4. The van der Waals surface area contributed by atoms with E-state index in [1.54, 1.807) is 18.6 Å². The van der Waals surface area contributed by atoms with Gasteiger partial charge in [-0.05, 0) is 26.2 Å². The molecule has 0 aromatic carbocycles. The van der Waals surface area contributed by atoms with E-state index in [0.29, 0.717) is 0 Å². The van der Waals surface area contributed by atoms with Crippen molar-refractivity contribution in [3.8, 4) is 0 Å². The van der Waals surface area contributed by atoms with Gasteiger partial charge in [-0.15, -0.1) is 0 Å². The smallest absolute Gasteiger partial charge is 0.223 e. The Kier molecular flexibility index (Phi) is 4.71. The molecular weight excluding hydrogens is 240 g/mol. The molecule has 1 unspecified atom stereocenters. The maximum Gasteiger partial charge on any atom is 0.223 e. The van der Waals surface area contributed by atoms with Crippen molar-refractivity contribution < 1.29 is 4.79 Å². The van der Waals surface area contributed by atoms with Gasteiger partial charge < -0.3 is 10.2 Å². The minimum absolute atomic E-state index is 0.141. The Morgan fingerprint density at radius 3 is 2.79 bits per heavy atom. The van der Waals surface area contributed by atoms with Crippen LogP contribution in [0, 0.1) is 5.92 Å². The second-order valence-electron chi connectivity index (χ2n) is 5.14. The quantitative estimate of drug-likeness (QED) is 0.895. The van der Waals surface area contributed by atoms with Gasteiger partial charge in [0, 0.05) is 37.4 Å². The van der Waals surface area contributed by atoms with Crippen molar-refractivity contribution in [1.29, 1.82) is 0 Å². The molecule has 1 atom stereocenters. The molecule has 1 aliphatic rings. The first-order valence-corrected chi connectivity index (χ1v) is 7.02. The SMILES string of the molecule is CCC(C)NC(=O)C1CCN(c2cnccn2)CC1. The molecule has 1 amide bonds. The van der Waals surface area contributed by atoms with Crippen LogP contribution in [0.3, 0.4) is 0 Å². The zero-order valence-corrected chi connectivity index (χ0v) is 11.7. The highest BCUT2D eigenvalue weighted by molar-refractivity contribution is 5.79. The van der Waals surface area contributed by atoms with E-state index >= 15 is 0 Å². The second-order valence-corrected chi connectivity index (χ2v) is 5.14. The topological polar surface area (TPSA) is 58.1 Å². The van der Waals surface area contributed by atoms with Gasteiger partial charge >= 0.3 is 0 Å². The molecule has 2 rings (SSSR count). The van der Waals surface area contributed by atoms with E-state index in [4.69, 9.17) is 0 Å². The number of aromatic nitrogens is 2. The average Bonchev–Trinajstić information content (AvgIpc) is 2.48. The average molecular weight is 262 g/mol. The summed E-state index contributed by atoms with van der Waals surface area (Å²) in [7, 11) is 0. The van der Waals surface area contributed by atoms with Crippen LogP contribution in [0.25, 0.3) is 0 Å². The molecule has 5 heteroatoms. The third-order valence-corrected chi connectivity index (χ3v) is 3.74. The molecule has 0 spiro atoms. The highest BCUT2D eigenvalue weighted by Gasteiger charge is 2.26. The Morgan fingerprint density at radius 2 is 2.21 bits per heavy atom. The van der Waals surface area contributed by atoms with Crippen molar-refractivity contribution in [2.24, 2.45) is 5.92 Å². The maximum absolute atomic E-state index is 12.1. The highest BCUT2D eigenvalue weighted by Crippen LogP contribution is 2.21. The van der Waals surface area contributed by atoms with Gasteiger partial charge in [0.25, 0.3) is 0 Å². The van der Waals surface area contributed by atoms with Crippen molar-refractivity contribution in [3.05, 3.63) is 18.6 Å². The summed E-state index contributed by atoms with van der Waals surface area (Å²) in [6, 6.07) is 0.269. The minimum atomic E-state index is 0.141. The zero-order valence-electron chi connectivity index (χ0n) is 11.7. The summed E-state index contributed by atoms with van der Waals surface area (Å²) >= 11 is 0. The summed E-state index contributed by atoms with van der Waals surface area (Å²) in [5.41, 5.74) is 0. The lowest BCUT2D eigenvalue weighted by molar-refractivity contribution is -0.126. The summed E-state index contributed by atoms with van der Waals surface area (Å²) in [5.74, 6) is 1.25. The maximum atomic E-state index is 12.1. The third-order valence-electron chi connectivity index (χ3n) is 3.74. The Hall–Kier alpha value is -1.65. The summed E-state index contributed by atoms with van der Waals surface area (Å²) in [6.45, 7) is 5.88. The number of rotatable bonds is 4. The van der Waals surface area contributed by atoms with Gasteiger partial charge in [-0.25, -0.2) is 4.98 Å². The van der Waals surface area contributed by atoms with Gasteiger partial charge in [0.05, 0.1) is 6.20 Å². The van der Waals surface area contributed by atoms with Gasteiger partial charge in [-0.1, -0.05) is 6.92 Å². The number of carbonyl (C=O) groups excluding carboxylic acids is 1. The van der Waals surface area contributed by atoms with Gasteiger partial charge in [-0.2, -0.15) is 0 Å². The van der Waals surface area contributed by atoms with E-state index in [9.17, 15) is 4.79 Å². The molecule has 104 valence electrons. The molecule has 0 saturated carbocycles. The molecule has 1 aliphatic heterocycles. The lowest BCUT2D eigenvalue weighted by atomic mass is 9.95. The first kappa shape index (κ1) is 13.8. The van der Waals surface area contributed by atoms with Crippen molar-refractivity contribution in [2.75, 3.05) is 18.0 Å². The number of nitrogens with zero attached hydrogens (tertiary/aromatic N) is 3. The van der Waals surface area contributed by atoms with Crippen LogP contribution in [0.15, 0.2) is 18.6 Å². The van der Waals surface area contributed by atoms with Gasteiger partial charge in [0.1, 0.15) is 5.82 Å². The van der Waals surface area contributed by atoms with Crippen LogP contribution in [-0.2, 0) is 4.79 Å². The fourth-order valence-corrected chi connectivity index (χ4v) is 2.29. The van der Waals surface area contributed by atoms with Crippen LogP contribution >= 0.6 is 0 Å². The van der Waals surface area contributed by atoms with Crippen LogP contribution in [0.2, 0.25) is 0 Å². The molecule has 0 bridgehead atoms. The first-order chi connectivity index (χ1) is 9.20. The Labute approximate surface area is 114 Å². The van der Waals surface area contributed by atoms with Crippen LogP contribution in [0.5, 0.6) is 0 Å². The molecule has 1 aromatic rings. The van der Waals surface area contributed by atoms with Crippen molar-refractivity contribution in [1.82, 2.24) is 15.3 Å². The first-order valence-electron chi connectivity index (χ1n) is 7.02. The number of nitrogens with one attached hydrogen (secondary N) is 1. The third kappa shape index (κ3) is 3.66. The summed E-state index contributed by atoms with van der Waals surface area (Å²) < 4.78 is 0. The summed E-state index contributed by atoms with van der Waals surface area (Å²) in [4.78, 5) is 22.6. The molecule has 19 heavy (non-hydrogen) atoms. The lowest BCUT2D eigenvalue weighted by Crippen LogP contribution is -2.43. The van der Waals surface area contributed by atoms with Crippen molar-refractivity contribution in [3.63, 3.8) is 0 Å². The number of hydrogen-bond donors (Lipinski definition) is 1. The van der Waals surface area contributed by atoms with E-state index in [2.05, 4.69) is 27.1 Å². The van der Waals surface area contributed by atoms with Crippen LogP contribution in [0.1, 0.15) is 33.1 Å². The molecule has 1 saturated heterocycles. The molecule has 0 radical (unpaired) electrons. The molecule has 1 fully saturated rings. The molecular formula is C14H22N4O. The summed E-state index contributed by atoms with van der Waals surface area (Å²) in [6.07, 6.45) is 7.91. The second kappa shape index (κ2) is 6.50. The molecule has 5 nitrogen and oxygen atoms in total. The normalized spacial score (nSPS) is 18.1. The van der Waals surface area contributed by atoms with E-state index in [1.165, 1.54) is 0 Å². The summed E-state index contributed by atoms with van der Waals surface area (Å²) in [5, 5.41) is 3.07. The molecule has 2 heterocycles. The Morgan fingerprint density at radius 1 is 1.47 bits per heavy atom. The fraction of sp³-hybridized carbons (Fsp3) is 0.643. The van der Waals surface area contributed by atoms with Crippen LogP contribution < -0.4 is 10.2 Å². The monoisotopic (exact) mass is 262 g/mol. The van der Waals surface area contributed by atoms with Gasteiger partial charge in [-0.3, -0.25) is 9.78 Å². The lowest BCUT2D eigenvalue weighted by Gasteiger charge is -2.32. The largest absolute Gasteiger partial charge is 0.355 e. The van der Waals surface area contributed by atoms with Gasteiger partial charge in [0.15, 0.2) is 0 Å². The predicted molar refractivity (Wildman–Crippen MR) is 74.9 cm³/mol. The number of carbonyl (C=O) groups is 1. The number of anilines is 1. The van der Waals surface area contributed by atoms with Gasteiger partial charge in [0.2, 0.25) is 5.91 Å². The highest BCUT2D eigenvalue weighted by atomic mass is 16.1. The standard InChI is InChI=1S/C14H22N4O/c1-3-11(2)17-14(19)12-4-8-18(9-5-12)13-10-15-6-7-16-13/h6-7,10-12H,3-5,8-9H2,1-2H3,(H,17,19). The van der Waals surface area contributed by atoms with Crippen LogP contribution in [-0.4, -0.2) is 35.0 Å². The van der Waals surface area contributed by atoms with Crippen LogP contribution in [0.4, 0.5) is 5.82 Å². The molecule has 0 aliphatic carbocycles.